The van der Waals surface area contributed by atoms with E-state index in [1.165, 1.54) is 6.07 Å². The van der Waals surface area contributed by atoms with Crippen LogP contribution in [0.15, 0.2) is 18.2 Å². The predicted octanol–water partition coefficient (Wildman–Crippen LogP) is 3.07. The van der Waals surface area contributed by atoms with Crippen LogP contribution in [-0.2, 0) is 16.5 Å². The van der Waals surface area contributed by atoms with E-state index in [4.69, 9.17) is 0 Å². The number of halogens is 3. The molecule has 0 amide bonds. The van der Waals surface area contributed by atoms with Gasteiger partial charge in [-0.05, 0) is 24.5 Å². The molecule has 1 aromatic carbocycles. The van der Waals surface area contributed by atoms with Gasteiger partial charge in [0.25, 0.3) is 0 Å². The minimum atomic E-state index is -5.78. The predicted molar refractivity (Wildman–Crippen MR) is 68.5 cm³/mol. The molecule has 0 heterocycles. The van der Waals surface area contributed by atoms with Crippen LogP contribution < -0.4 is 4.18 Å². The first-order valence-electron chi connectivity index (χ1n) is 6.34. The number of benzene rings is 1. The molecule has 0 aliphatic heterocycles. The maximum Gasteiger partial charge on any atom is 0.534 e. The maximum atomic E-state index is 12.4. The second-order valence-electron chi connectivity index (χ2n) is 4.83. The fraction of sp³-hybridized carbons (Fsp3) is 0.462. The van der Waals surface area contributed by atoms with Crippen molar-refractivity contribution in [1.82, 2.24) is 0 Å². The summed E-state index contributed by atoms with van der Waals surface area (Å²) in [4.78, 5) is 12.2. The zero-order valence-electron chi connectivity index (χ0n) is 11.1. The lowest BCUT2D eigenvalue weighted by Gasteiger charge is -2.12. The highest BCUT2D eigenvalue weighted by Gasteiger charge is 2.49. The van der Waals surface area contributed by atoms with Gasteiger partial charge in [0.2, 0.25) is 0 Å². The topological polar surface area (TPSA) is 60.4 Å². The molecule has 0 saturated carbocycles. The Morgan fingerprint density at radius 3 is 2.57 bits per heavy atom. The van der Waals surface area contributed by atoms with E-state index in [9.17, 15) is 26.4 Å². The van der Waals surface area contributed by atoms with E-state index in [1.54, 1.807) is 6.07 Å². The van der Waals surface area contributed by atoms with Crippen LogP contribution in [0.2, 0.25) is 0 Å². The summed E-state index contributed by atoms with van der Waals surface area (Å²) in [5.41, 5.74) is -5.06. The third kappa shape index (κ3) is 2.90. The van der Waals surface area contributed by atoms with Crippen LogP contribution in [0.4, 0.5) is 13.2 Å². The Morgan fingerprint density at radius 2 is 2.00 bits per heavy atom. The molecular weight excluding hydrogens is 309 g/mol. The lowest BCUT2D eigenvalue weighted by atomic mass is 9.99. The summed E-state index contributed by atoms with van der Waals surface area (Å²) >= 11 is 0. The highest BCUT2D eigenvalue weighted by molar-refractivity contribution is 7.88. The number of carbonyl (C=O) groups excluding carboxylic acids is 1. The van der Waals surface area contributed by atoms with Gasteiger partial charge in [-0.1, -0.05) is 25.5 Å². The van der Waals surface area contributed by atoms with Crippen LogP contribution in [-0.4, -0.2) is 19.7 Å². The van der Waals surface area contributed by atoms with Gasteiger partial charge in [0.15, 0.2) is 11.5 Å². The zero-order chi connectivity index (χ0) is 15.8. The maximum absolute atomic E-state index is 12.4. The van der Waals surface area contributed by atoms with E-state index in [0.717, 1.165) is 12.5 Å². The number of ketones is 1. The van der Waals surface area contributed by atoms with Gasteiger partial charge in [-0.25, -0.2) is 0 Å². The Bertz CT molecular complexity index is 664. The van der Waals surface area contributed by atoms with E-state index in [-0.39, 0.29) is 17.3 Å². The number of alkyl halides is 3. The van der Waals surface area contributed by atoms with Crippen LogP contribution in [0.5, 0.6) is 5.75 Å². The summed E-state index contributed by atoms with van der Waals surface area (Å²) in [6.07, 6.45) is 1.74. The molecule has 1 unspecified atom stereocenters. The second-order valence-corrected chi connectivity index (χ2v) is 6.37. The van der Waals surface area contributed by atoms with Crippen LogP contribution in [0.3, 0.4) is 0 Å². The Morgan fingerprint density at radius 1 is 1.33 bits per heavy atom. The average molecular weight is 322 g/mol. The zero-order valence-corrected chi connectivity index (χ0v) is 11.9. The monoisotopic (exact) mass is 322 g/mol. The normalized spacial score (nSPS) is 18.7. The smallest absolute Gasteiger partial charge is 0.375 e. The molecule has 0 radical (unpaired) electrons. The molecule has 0 N–H and O–H groups in total. The van der Waals surface area contributed by atoms with Crippen molar-refractivity contribution in [3.63, 3.8) is 0 Å². The first-order chi connectivity index (χ1) is 9.67. The van der Waals surface area contributed by atoms with Crippen LogP contribution in [0, 0.1) is 5.92 Å². The molecule has 1 aromatic rings. The van der Waals surface area contributed by atoms with Gasteiger partial charge in [0.05, 0.1) is 5.56 Å². The number of carbonyl (C=O) groups is 1. The van der Waals surface area contributed by atoms with E-state index >= 15 is 0 Å². The number of fused-ring (bicyclic) bond motifs is 1. The molecule has 1 aliphatic carbocycles. The Balaban J connectivity index is 2.39. The standard InChI is InChI=1S/C13H13F3O4S/c1-2-4-9-7-8-5-3-6-10(11(8)12(9)17)20-21(18,19)13(14,15)16/h3,5-6,9H,2,4,7H2,1H3. The second kappa shape index (κ2) is 5.32. The fourth-order valence-electron chi connectivity index (χ4n) is 2.41. The quantitative estimate of drug-likeness (QED) is 0.631. The first kappa shape index (κ1) is 15.8. The van der Waals surface area contributed by atoms with Crippen molar-refractivity contribution in [3.8, 4) is 5.75 Å². The Hall–Kier alpha value is -1.57. The Kier molecular flexibility index (Phi) is 4.01. The molecule has 0 bridgehead atoms. The SMILES string of the molecule is CCCC1Cc2cccc(OS(=O)(=O)C(F)(F)F)c2C1=O. The largest absolute Gasteiger partial charge is 0.534 e. The third-order valence-electron chi connectivity index (χ3n) is 3.32. The lowest BCUT2D eigenvalue weighted by Crippen LogP contribution is -2.28. The van der Waals surface area contributed by atoms with Gasteiger partial charge in [-0.15, -0.1) is 0 Å². The highest BCUT2D eigenvalue weighted by atomic mass is 32.2. The number of Topliss-reactive ketones (excluding diaryl/α,β-unsaturated/α-hetero) is 1. The van der Waals surface area contributed by atoms with Crippen molar-refractivity contribution in [2.24, 2.45) is 5.92 Å². The van der Waals surface area contributed by atoms with Crippen molar-refractivity contribution in [3.05, 3.63) is 29.3 Å². The van der Waals surface area contributed by atoms with E-state index < -0.39 is 21.4 Å². The van der Waals surface area contributed by atoms with Crippen LogP contribution in [0.25, 0.3) is 0 Å². The minimum Gasteiger partial charge on any atom is -0.375 e. The van der Waals surface area contributed by atoms with Crippen molar-refractivity contribution >= 4 is 15.9 Å². The van der Waals surface area contributed by atoms with E-state index in [1.807, 2.05) is 6.92 Å². The Labute approximate surface area is 120 Å². The van der Waals surface area contributed by atoms with Gasteiger partial charge in [0.1, 0.15) is 0 Å². The number of rotatable bonds is 4. The molecule has 4 nitrogen and oxygen atoms in total. The lowest BCUT2D eigenvalue weighted by molar-refractivity contribution is -0.0500. The molecule has 0 aromatic heterocycles. The summed E-state index contributed by atoms with van der Waals surface area (Å²) in [5.74, 6) is -1.24. The fourth-order valence-corrected chi connectivity index (χ4v) is 2.87. The summed E-state index contributed by atoms with van der Waals surface area (Å²) < 4.78 is 63.4. The molecule has 0 fully saturated rings. The summed E-state index contributed by atoms with van der Waals surface area (Å²) in [7, 11) is -5.78. The van der Waals surface area contributed by atoms with Gasteiger partial charge in [-0.3, -0.25) is 4.79 Å². The molecule has 1 aliphatic rings. The molecule has 1 atom stereocenters. The summed E-state index contributed by atoms with van der Waals surface area (Å²) in [6.45, 7) is 1.89. The molecule has 0 saturated heterocycles. The van der Waals surface area contributed by atoms with Crippen molar-refractivity contribution in [2.75, 3.05) is 0 Å². The summed E-state index contributed by atoms with van der Waals surface area (Å²) in [5, 5.41) is 0. The molecule has 2 rings (SSSR count). The molecule has 0 spiro atoms. The number of hydrogen-bond donors (Lipinski definition) is 0. The van der Waals surface area contributed by atoms with Gasteiger partial charge in [0, 0.05) is 5.92 Å². The van der Waals surface area contributed by atoms with Gasteiger partial charge < -0.3 is 4.18 Å². The van der Waals surface area contributed by atoms with Crippen molar-refractivity contribution in [2.45, 2.75) is 31.7 Å². The van der Waals surface area contributed by atoms with Crippen LogP contribution >= 0.6 is 0 Å². The first-order valence-corrected chi connectivity index (χ1v) is 7.75. The van der Waals surface area contributed by atoms with Gasteiger partial charge in [-0.2, -0.15) is 21.6 Å². The third-order valence-corrected chi connectivity index (χ3v) is 4.28. The van der Waals surface area contributed by atoms with Gasteiger partial charge >= 0.3 is 15.6 Å². The van der Waals surface area contributed by atoms with Crippen molar-refractivity contribution < 1.29 is 30.6 Å². The van der Waals surface area contributed by atoms with Crippen molar-refractivity contribution in [1.29, 1.82) is 0 Å². The summed E-state index contributed by atoms with van der Waals surface area (Å²) in [6, 6.07) is 4.03. The van der Waals surface area contributed by atoms with Crippen LogP contribution in [0.1, 0.15) is 35.7 Å². The molecule has 116 valence electrons. The van der Waals surface area contributed by atoms with E-state index in [0.29, 0.717) is 18.4 Å². The highest BCUT2D eigenvalue weighted by Crippen LogP contribution is 2.37. The molecule has 8 heteroatoms. The minimum absolute atomic E-state index is 0.0521. The number of hydrogen-bond acceptors (Lipinski definition) is 4. The van der Waals surface area contributed by atoms with E-state index in [2.05, 4.69) is 4.18 Å². The average Bonchev–Trinajstić information content (AvgIpc) is 2.66. The molecule has 21 heavy (non-hydrogen) atoms. The molecular formula is C13H13F3O4S.